The predicted molar refractivity (Wildman–Crippen MR) is 73.0 cm³/mol. The van der Waals surface area contributed by atoms with Gasteiger partial charge in [0, 0.05) is 25.0 Å². The third-order valence-corrected chi connectivity index (χ3v) is 4.31. The van der Waals surface area contributed by atoms with Crippen LogP contribution in [0.5, 0.6) is 5.75 Å². The Morgan fingerprint density at radius 3 is 3.00 bits per heavy atom. The lowest BCUT2D eigenvalue weighted by Crippen LogP contribution is -2.36. The lowest BCUT2D eigenvalue weighted by Gasteiger charge is -2.22. The van der Waals surface area contributed by atoms with Crippen molar-refractivity contribution in [3.63, 3.8) is 0 Å². The van der Waals surface area contributed by atoms with E-state index in [-0.39, 0.29) is 23.7 Å². The molecule has 0 bridgehead atoms. The number of carbonyl (C=O) groups is 1. The average molecular weight is 278 g/mol. The van der Waals surface area contributed by atoms with Crippen LogP contribution in [0, 0.1) is 11.2 Å². The third-order valence-electron chi connectivity index (χ3n) is 4.31. The average Bonchev–Trinajstić information content (AvgIpc) is 3.08. The van der Waals surface area contributed by atoms with E-state index in [4.69, 9.17) is 4.74 Å². The molecule has 2 saturated heterocycles. The van der Waals surface area contributed by atoms with Crippen molar-refractivity contribution in [1.82, 2.24) is 10.2 Å². The standard InChI is InChI=1S/C15H19FN2O2/c16-12-3-1-2-4-13(12)20-9-14(19)18-8-6-15(11-18)5-7-17-10-15/h1-4,17H,5-11H2. The maximum atomic E-state index is 13.4. The largest absolute Gasteiger partial charge is 0.481 e. The second kappa shape index (κ2) is 5.40. The zero-order valence-electron chi connectivity index (χ0n) is 11.4. The zero-order valence-corrected chi connectivity index (χ0v) is 11.4. The lowest BCUT2D eigenvalue weighted by atomic mass is 9.87. The molecule has 1 spiro atoms. The molecule has 1 aromatic rings. The highest BCUT2D eigenvalue weighted by atomic mass is 19.1. The van der Waals surface area contributed by atoms with E-state index >= 15 is 0 Å². The van der Waals surface area contributed by atoms with Gasteiger partial charge in [0.15, 0.2) is 18.2 Å². The van der Waals surface area contributed by atoms with Gasteiger partial charge >= 0.3 is 0 Å². The van der Waals surface area contributed by atoms with E-state index in [1.54, 1.807) is 12.1 Å². The van der Waals surface area contributed by atoms with Gasteiger partial charge in [0.25, 0.3) is 5.91 Å². The summed E-state index contributed by atoms with van der Waals surface area (Å²) in [5, 5.41) is 3.36. The highest BCUT2D eigenvalue weighted by Gasteiger charge is 2.41. The van der Waals surface area contributed by atoms with Gasteiger partial charge in [-0.15, -0.1) is 0 Å². The number of hydrogen-bond donors (Lipinski definition) is 1. The van der Waals surface area contributed by atoms with Gasteiger partial charge in [0.2, 0.25) is 0 Å². The lowest BCUT2D eigenvalue weighted by molar-refractivity contribution is -0.132. The maximum Gasteiger partial charge on any atom is 0.260 e. The molecule has 20 heavy (non-hydrogen) atoms. The summed E-state index contributed by atoms with van der Waals surface area (Å²) < 4.78 is 18.7. The molecule has 1 N–H and O–H groups in total. The smallest absolute Gasteiger partial charge is 0.260 e. The molecule has 108 valence electrons. The molecule has 1 aromatic carbocycles. The van der Waals surface area contributed by atoms with Gasteiger partial charge in [-0.05, 0) is 31.5 Å². The number of rotatable bonds is 3. The van der Waals surface area contributed by atoms with Crippen LogP contribution in [-0.2, 0) is 4.79 Å². The molecule has 0 aliphatic carbocycles. The summed E-state index contributed by atoms with van der Waals surface area (Å²) >= 11 is 0. The van der Waals surface area contributed by atoms with Gasteiger partial charge in [0.05, 0.1) is 0 Å². The minimum absolute atomic E-state index is 0.0583. The number of likely N-dealkylation sites (tertiary alicyclic amines) is 1. The molecule has 1 unspecified atom stereocenters. The Labute approximate surface area is 117 Å². The van der Waals surface area contributed by atoms with Crippen molar-refractivity contribution < 1.29 is 13.9 Å². The molecule has 0 radical (unpaired) electrons. The summed E-state index contributed by atoms with van der Waals surface area (Å²) in [5.41, 5.74) is 0.258. The maximum absolute atomic E-state index is 13.4. The molecule has 0 aromatic heterocycles. The number of nitrogens with zero attached hydrogens (tertiary/aromatic N) is 1. The minimum Gasteiger partial charge on any atom is -0.481 e. The van der Waals surface area contributed by atoms with E-state index in [0.29, 0.717) is 0 Å². The molecule has 0 saturated carbocycles. The Bertz CT molecular complexity index is 500. The molecule has 2 fully saturated rings. The van der Waals surface area contributed by atoms with Crippen LogP contribution in [0.4, 0.5) is 4.39 Å². The molecule has 4 nitrogen and oxygen atoms in total. The third kappa shape index (κ3) is 2.63. The van der Waals surface area contributed by atoms with Crippen LogP contribution in [0.2, 0.25) is 0 Å². The zero-order chi connectivity index (χ0) is 14.0. The second-order valence-electron chi connectivity index (χ2n) is 5.71. The summed E-state index contributed by atoms with van der Waals surface area (Å²) in [5.74, 6) is -0.354. The molecule has 2 aliphatic heterocycles. The second-order valence-corrected chi connectivity index (χ2v) is 5.71. The van der Waals surface area contributed by atoms with Crippen molar-refractivity contribution in [2.45, 2.75) is 12.8 Å². The summed E-state index contributed by atoms with van der Waals surface area (Å²) in [6.45, 7) is 3.50. The Morgan fingerprint density at radius 2 is 2.25 bits per heavy atom. The topological polar surface area (TPSA) is 41.6 Å². The van der Waals surface area contributed by atoms with Crippen molar-refractivity contribution in [2.24, 2.45) is 5.41 Å². The Morgan fingerprint density at radius 1 is 1.40 bits per heavy atom. The molecule has 2 heterocycles. The van der Waals surface area contributed by atoms with E-state index in [2.05, 4.69) is 5.32 Å². The Hall–Kier alpha value is -1.62. The number of hydrogen-bond acceptors (Lipinski definition) is 3. The van der Waals surface area contributed by atoms with Crippen molar-refractivity contribution in [2.75, 3.05) is 32.8 Å². The molecule has 2 aliphatic rings. The summed E-state index contributed by atoms with van der Waals surface area (Å²) in [6.07, 6.45) is 2.18. The summed E-state index contributed by atoms with van der Waals surface area (Å²) in [4.78, 5) is 14.0. The molecule has 5 heteroatoms. The van der Waals surface area contributed by atoms with Gasteiger partial charge in [0.1, 0.15) is 0 Å². The first kappa shape index (κ1) is 13.4. The van der Waals surface area contributed by atoms with Crippen LogP contribution >= 0.6 is 0 Å². The van der Waals surface area contributed by atoms with Crippen LogP contribution < -0.4 is 10.1 Å². The number of halogens is 1. The van der Waals surface area contributed by atoms with Crippen LogP contribution in [0.1, 0.15) is 12.8 Å². The van der Waals surface area contributed by atoms with Gasteiger partial charge in [-0.2, -0.15) is 0 Å². The van der Waals surface area contributed by atoms with Gasteiger partial charge in [-0.1, -0.05) is 12.1 Å². The first-order valence-electron chi connectivity index (χ1n) is 7.04. The highest BCUT2D eigenvalue weighted by molar-refractivity contribution is 5.78. The minimum atomic E-state index is -0.432. The van der Waals surface area contributed by atoms with E-state index in [1.807, 2.05) is 4.90 Å². The molecule has 3 rings (SSSR count). The van der Waals surface area contributed by atoms with Crippen LogP contribution in [0.15, 0.2) is 24.3 Å². The van der Waals surface area contributed by atoms with E-state index in [0.717, 1.165) is 39.0 Å². The van der Waals surface area contributed by atoms with Gasteiger partial charge in [-0.25, -0.2) is 4.39 Å². The predicted octanol–water partition coefficient (Wildman–Crippen LogP) is 1.42. The molecular weight excluding hydrogens is 259 g/mol. The molecule has 1 amide bonds. The van der Waals surface area contributed by atoms with Crippen molar-refractivity contribution in [3.05, 3.63) is 30.1 Å². The van der Waals surface area contributed by atoms with Crippen LogP contribution in [0.3, 0.4) is 0 Å². The fraction of sp³-hybridized carbons (Fsp3) is 0.533. The number of nitrogens with one attached hydrogen (secondary N) is 1. The number of para-hydroxylation sites is 1. The monoisotopic (exact) mass is 278 g/mol. The summed E-state index contributed by atoms with van der Waals surface area (Å²) in [7, 11) is 0. The van der Waals surface area contributed by atoms with Gasteiger partial charge in [-0.3, -0.25) is 4.79 Å². The van der Waals surface area contributed by atoms with Crippen molar-refractivity contribution in [1.29, 1.82) is 0 Å². The fourth-order valence-electron chi connectivity index (χ4n) is 3.08. The number of ether oxygens (including phenoxy) is 1. The first-order chi connectivity index (χ1) is 9.69. The van der Waals surface area contributed by atoms with Crippen molar-refractivity contribution >= 4 is 5.91 Å². The van der Waals surface area contributed by atoms with E-state index < -0.39 is 5.82 Å². The van der Waals surface area contributed by atoms with E-state index in [9.17, 15) is 9.18 Å². The SMILES string of the molecule is O=C(COc1ccccc1F)N1CCC2(CCNC2)C1. The number of benzene rings is 1. The van der Waals surface area contributed by atoms with Crippen LogP contribution in [-0.4, -0.2) is 43.6 Å². The van der Waals surface area contributed by atoms with Gasteiger partial charge < -0.3 is 15.0 Å². The normalized spacial score (nSPS) is 25.4. The van der Waals surface area contributed by atoms with Crippen LogP contribution in [0.25, 0.3) is 0 Å². The quantitative estimate of drug-likeness (QED) is 0.909. The number of carbonyl (C=O) groups excluding carboxylic acids is 1. The fourth-order valence-corrected chi connectivity index (χ4v) is 3.08. The molecular formula is C15H19FN2O2. The Balaban J connectivity index is 1.54. The highest BCUT2D eigenvalue weighted by Crippen LogP contribution is 2.35. The first-order valence-corrected chi connectivity index (χ1v) is 7.04. The number of amides is 1. The Kier molecular flexibility index (Phi) is 3.61. The van der Waals surface area contributed by atoms with Crippen molar-refractivity contribution in [3.8, 4) is 5.75 Å². The molecule has 1 atom stereocenters. The van der Waals surface area contributed by atoms with E-state index in [1.165, 1.54) is 12.1 Å². The summed E-state index contributed by atoms with van der Waals surface area (Å²) in [6, 6.07) is 6.16.